The zero-order valence-corrected chi connectivity index (χ0v) is 12.3. The highest BCUT2D eigenvalue weighted by molar-refractivity contribution is 7.16. The number of anilines is 1. The molecule has 1 fully saturated rings. The number of para-hydroxylation sites is 1. The number of nitrogens with zero attached hydrogens (tertiary/aromatic N) is 4. The first-order valence-corrected chi connectivity index (χ1v) is 8.26. The van der Waals surface area contributed by atoms with Crippen LogP contribution in [0.4, 0.5) is 5.69 Å². The molecule has 2 aromatic heterocycles. The number of benzene rings is 1. The van der Waals surface area contributed by atoms with Gasteiger partial charge in [-0.25, -0.2) is 0 Å². The van der Waals surface area contributed by atoms with Crippen LogP contribution in [-0.4, -0.2) is 19.8 Å². The van der Waals surface area contributed by atoms with Crippen molar-refractivity contribution in [2.45, 2.75) is 37.6 Å². The van der Waals surface area contributed by atoms with Crippen molar-refractivity contribution < 1.29 is 0 Å². The van der Waals surface area contributed by atoms with Crippen LogP contribution in [0.25, 0.3) is 4.96 Å². The van der Waals surface area contributed by atoms with E-state index < -0.39 is 0 Å². The molecular formula is C15H15N5S. The molecule has 0 radical (unpaired) electrons. The van der Waals surface area contributed by atoms with Crippen LogP contribution in [0.15, 0.2) is 24.3 Å². The van der Waals surface area contributed by atoms with Crippen LogP contribution in [0, 0.1) is 0 Å². The molecule has 1 aliphatic carbocycles. The Balaban J connectivity index is 1.50. The Morgan fingerprint density at radius 2 is 2.10 bits per heavy atom. The Hall–Kier alpha value is -1.95. The SMILES string of the molecule is c1ccc2c(c1)CC(c1nn3c(C4CCC4)nnc3s1)N2. The van der Waals surface area contributed by atoms with Crippen LogP contribution in [0.1, 0.15) is 47.6 Å². The molecule has 1 unspecified atom stereocenters. The molecule has 0 amide bonds. The van der Waals surface area contributed by atoms with Crippen molar-refractivity contribution in [1.82, 2.24) is 19.8 Å². The minimum absolute atomic E-state index is 0.267. The maximum atomic E-state index is 4.79. The van der Waals surface area contributed by atoms with Crippen LogP contribution in [-0.2, 0) is 6.42 Å². The van der Waals surface area contributed by atoms with Crippen molar-refractivity contribution in [2.24, 2.45) is 0 Å². The molecule has 0 bridgehead atoms. The van der Waals surface area contributed by atoms with Gasteiger partial charge in [0.1, 0.15) is 5.01 Å². The molecule has 0 saturated heterocycles. The lowest BCUT2D eigenvalue weighted by Crippen LogP contribution is -2.13. The Morgan fingerprint density at radius 3 is 2.90 bits per heavy atom. The summed E-state index contributed by atoms with van der Waals surface area (Å²) in [6.07, 6.45) is 4.75. The average Bonchev–Trinajstić information content (AvgIpc) is 3.10. The fraction of sp³-hybridized carbons (Fsp3) is 0.400. The standard InChI is InChI=1S/C15H15N5S/c1-2-7-11-10(4-1)8-12(16-11)14-19-20-13(9-5-3-6-9)17-18-15(20)21-14/h1-2,4,7,9,12,16H,3,5-6,8H2. The Morgan fingerprint density at radius 1 is 1.19 bits per heavy atom. The number of rotatable bonds is 2. The summed E-state index contributed by atoms with van der Waals surface area (Å²) in [5.74, 6) is 1.61. The van der Waals surface area contributed by atoms with Crippen molar-refractivity contribution in [3.05, 3.63) is 40.7 Å². The lowest BCUT2D eigenvalue weighted by molar-refractivity contribution is 0.394. The zero-order chi connectivity index (χ0) is 13.8. The Bertz CT molecular complexity index is 791. The molecule has 1 saturated carbocycles. The summed E-state index contributed by atoms with van der Waals surface area (Å²) in [6, 6.07) is 8.75. The number of aromatic nitrogens is 4. The minimum Gasteiger partial charge on any atom is -0.375 e. The second-order valence-corrected chi connectivity index (χ2v) is 6.87. The van der Waals surface area contributed by atoms with Crippen molar-refractivity contribution in [2.75, 3.05) is 5.32 Å². The topological polar surface area (TPSA) is 55.1 Å². The van der Waals surface area contributed by atoms with Gasteiger partial charge in [0.05, 0.1) is 6.04 Å². The molecule has 1 aliphatic heterocycles. The summed E-state index contributed by atoms with van der Waals surface area (Å²) in [7, 11) is 0. The van der Waals surface area contributed by atoms with E-state index >= 15 is 0 Å². The summed E-state index contributed by atoms with van der Waals surface area (Å²) >= 11 is 1.65. The predicted molar refractivity (Wildman–Crippen MR) is 81.8 cm³/mol. The third kappa shape index (κ3) is 1.72. The van der Waals surface area contributed by atoms with Crippen LogP contribution in [0.3, 0.4) is 0 Å². The second kappa shape index (κ2) is 4.27. The van der Waals surface area contributed by atoms with E-state index in [0.29, 0.717) is 5.92 Å². The van der Waals surface area contributed by atoms with Gasteiger partial charge in [0.25, 0.3) is 0 Å². The van der Waals surface area contributed by atoms with E-state index in [-0.39, 0.29) is 6.04 Å². The number of hydrogen-bond acceptors (Lipinski definition) is 5. The molecule has 5 nitrogen and oxygen atoms in total. The number of hydrogen-bond donors (Lipinski definition) is 1. The third-order valence-corrected chi connectivity index (χ3v) is 5.58. The first kappa shape index (κ1) is 11.7. The fourth-order valence-electron chi connectivity index (χ4n) is 3.16. The maximum absolute atomic E-state index is 4.79. The monoisotopic (exact) mass is 297 g/mol. The summed E-state index contributed by atoms with van der Waals surface area (Å²) < 4.78 is 1.97. The Kier molecular flexibility index (Phi) is 2.38. The van der Waals surface area contributed by atoms with Crippen LogP contribution in [0.2, 0.25) is 0 Å². The summed E-state index contributed by atoms with van der Waals surface area (Å²) in [5, 5.41) is 18.1. The van der Waals surface area contributed by atoms with E-state index in [1.54, 1.807) is 11.3 Å². The summed E-state index contributed by atoms with van der Waals surface area (Å²) in [6.45, 7) is 0. The molecule has 3 aromatic rings. The highest BCUT2D eigenvalue weighted by Crippen LogP contribution is 2.38. The van der Waals surface area contributed by atoms with E-state index in [1.165, 1.54) is 30.5 Å². The van der Waals surface area contributed by atoms with E-state index in [0.717, 1.165) is 22.2 Å². The first-order chi connectivity index (χ1) is 10.4. The maximum Gasteiger partial charge on any atom is 0.234 e. The average molecular weight is 297 g/mol. The second-order valence-electron chi connectivity index (χ2n) is 5.88. The summed E-state index contributed by atoms with van der Waals surface area (Å²) in [4.78, 5) is 0.921. The molecule has 106 valence electrons. The van der Waals surface area contributed by atoms with Gasteiger partial charge in [-0.15, -0.1) is 10.2 Å². The molecule has 1 atom stereocenters. The molecule has 2 aliphatic rings. The van der Waals surface area contributed by atoms with Gasteiger partial charge in [0.15, 0.2) is 5.82 Å². The van der Waals surface area contributed by atoms with Gasteiger partial charge in [0, 0.05) is 18.0 Å². The van der Waals surface area contributed by atoms with E-state index in [2.05, 4.69) is 39.8 Å². The van der Waals surface area contributed by atoms with E-state index in [1.807, 2.05) is 4.52 Å². The molecule has 3 heterocycles. The number of nitrogens with one attached hydrogen (secondary N) is 1. The largest absolute Gasteiger partial charge is 0.375 e. The normalized spacial score (nSPS) is 21.2. The Labute approximate surface area is 126 Å². The van der Waals surface area contributed by atoms with Crippen molar-refractivity contribution in [3.8, 4) is 0 Å². The van der Waals surface area contributed by atoms with Gasteiger partial charge < -0.3 is 5.32 Å². The fourth-order valence-corrected chi connectivity index (χ4v) is 4.05. The van der Waals surface area contributed by atoms with Gasteiger partial charge in [-0.1, -0.05) is 36.0 Å². The zero-order valence-electron chi connectivity index (χ0n) is 11.5. The van der Waals surface area contributed by atoms with Gasteiger partial charge >= 0.3 is 0 Å². The third-order valence-electron chi connectivity index (χ3n) is 4.57. The minimum atomic E-state index is 0.267. The lowest BCUT2D eigenvalue weighted by atomic mass is 9.85. The highest BCUT2D eigenvalue weighted by Gasteiger charge is 2.29. The van der Waals surface area contributed by atoms with Crippen molar-refractivity contribution >= 4 is 22.0 Å². The van der Waals surface area contributed by atoms with Crippen molar-refractivity contribution in [3.63, 3.8) is 0 Å². The quantitative estimate of drug-likeness (QED) is 0.789. The van der Waals surface area contributed by atoms with Crippen molar-refractivity contribution in [1.29, 1.82) is 0 Å². The van der Waals surface area contributed by atoms with E-state index in [4.69, 9.17) is 5.10 Å². The highest BCUT2D eigenvalue weighted by atomic mass is 32.1. The molecule has 0 spiro atoms. The molecule has 1 aromatic carbocycles. The van der Waals surface area contributed by atoms with Gasteiger partial charge in [-0.3, -0.25) is 0 Å². The van der Waals surface area contributed by atoms with Gasteiger partial charge in [0.2, 0.25) is 4.96 Å². The van der Waals surface area contributed by atoms with Gasteiger partial charge in [-0.05, 0) is 24.5 Å². The number of fused-ring (bicyclic) bond motifs is 2. The molecule has 6 heteroatoms. The molecule has 21 heavy (non-hydrogen) atoms. The predicted octanol–water partition coefficient (Wildman–Crippen LogP) is 3.16. The molecular weight excluding hydrogens is 282 g/mol. The van der Waals surface area contributed by atoms with Crippen LogP contribution >= 0.6 is 11.3 Å². The van der Waals surface area contributed by atoms with Gasteiger partial charge in [-0.2, -0.15) is 9.61 Å². The molecule has 1 N–H and O–H groups in total. The molecule has 5 rings (SSSR count). The smallest absolute Gasteiger partial charge is 0.234 e. The lowest BCUT2D eigenvalue weighted by Gasteiger charge is -2.22. The van der Waals surface area contributed by atoms with E-state index in [9.17, 15) is 0 Å². The summed E-state index contributed by atoms with van der Waals surface area (Å²) in [5.41, 5.74) is 2.60. The van der Waals surface area contributed by atoms with Crippen LogP contribution < -0.4 is 5.32 Å². The first-order valence-electron chi connectivity index (χ1n) is 7.45. The van der Waals surface area contributed by atoms with Crippen LogP contribution in [0.5, 0.6) is 0 Å².